The lowest BCUT2D eigenvalue weighted by atomic mass is 10.1. The van der Waals surface area contributed by atoms with Gasteiger partial charge in [-0.3, -0.25) is 9.18 Å². The Labute approximate surface area is 168 Å². The molecule has 1 aliphatic heterocycles. The molecule has 28 heavy (non-hydrogen) atoms. The van der Waals surface area contributed by atoms with Gasteiger partial charge in [-0.25, -0.2) is 4.98 Å². The summed E-state index contributed by atoms with van der Waals surface area (Å²) < 4.78 is 43.0. The van der Waals surface area contributed by atoms with Crippen LogP contribution in [0.4, 0.5) is 10.1 Å². The second kappa shape index (κ2) is 10.0. The van der Waals surface area contributed by atoms with E-state index in [1.165, 1.54) is 0 Å². The third kappa shape index (κ3) is 5.78. The molecule has 8 heteroatoms. The molecule has 1 N–H and O–H groups in total. The van der Waals surface area contributed by atoms with Crippen LogP contribution in [0.15, 0.2) is 12.1 Å². The number of halogens is 1. The number of nitrogens with zero attached hydrogens (tertiary/aromatic N) is 2. The van der Waals surface area contributed by atoms with E-state index < -0.39 is 6.63 Å². The minimum absolute atomic E-state index is 0.0614. The number of carbonyl (C=O) groups is 1. The number of rotatable bonds is 12. The fourth-order valence-electron chi connectivity index (χ4n) is 2.88. The zero-order valence-corrected chi connectivity index (χ0v) is 16.4. The quantitative estimate of drug-likeness (QED) is 0.545. The van der Waals surface area contributed by atoms with E-state index in [1.807, 2.05) is 6.07 Å². The van der Waals surface area contributed by atoms with Gasteiger partial charge in [-0.05, 0) is 44.2 Å². The maximum atomic E-state index is 12.8. The lowest BCUT2D eigenvalue weighted by Crippen LogP contribution is -2.52. The van der Waals surface area contributed by atoms with Gasteiger partial charge in [0.2, 0.25) is 5.88 Å². The first kappa shape index (κ1) is 18.1. The Morgan fingerprint density at radius 1 is 1.46 bits per heavy atom. The molecule has 0 aromatic carbocycles. The number of pyridine rings is 1. The van der Waals surface area contributed by atoms with E-state index in [1.54, 1.807) is 20.1 Å². The van der Waals surface area contributed by atoms with Gasteiger partial charge < -0.3 is 24.4 Å². The molecular formula is C20H30FN3O4. The topological polar surface area (TPSA) is 72.9 Å². The van der Waals surface area contributed by atoms with Crippen molar-refractivity contribution in [1.29, 1.82) is 0 Å². The van der Waals surface area contributed by atoms with Crippen LogP contribution in [-0.2, 0) is 9.47 Å². The first-order chi connectivity index (χ1) is 14.2. The maximum absolute atomic E-state index is 12.8. The standard InChI is InChI=1S/C20H30FN3O4/c1-14(12-27-9-3-8-21)22-19(25)17-6-7-18(24-10-16(11-24)26-2)20(23-17)28-13-15-4-5-15/h6-7,14-16H,3-5,8-13H2,1-2H3,(H,22,25)/t14-/m0/s1/i8D2. The molecule has 1 aromatic heterocycles. The predicted octanol–water partition coefficient (Wildman–Crippen LogP) is 2.20. The van der Waals surface area contributed by atoms with Gasteiger partial charge in [-0.1, -0.05) is 0 Å². The summed E-state index contributed by atoms with van der Waals surface area (Å²) in [6.07, 6.45) is 2.16. The molecule has 0 spiro atoms. The van der Waals surface area contributed by atoms with Gasteiger partial charge in [0.15, 0.2) is 0 Å². The number of carbonyl (C=O) groups excluding carboxylic acids is 1. The maximum Gasteiger partial charge on any atom is 0.270 e. The Morgan fingerprint density at radius 3 is 2.93 bits per heavy atom. The number of hydrogen-bond donors (Lipinski definition) is 1. The minimum atomic E-state index is -2.76. The monoisotopic (exact) mass is 397 g/mol. The van der Waals surface area contributed by atoms with E-state index in [-0.39, 0.29) is 43.4 Å². The van der Waals surface area contributed by atoms with Gasteiger partial charge >= 0.3 is 0 Å². The van der Waals surface area contributed by atoms with Crippen LogP contribution >= 0.6 is 0 Å². The third-order valence-electron chi connectivity index (χ3n) is 4.83. The molecule has 1 aromatic rings. The molecular weight excluding hydrogens is 365 g/mol. The number of ether oxygens (including phenoxy) is 3. The van der Waals surface area contributed by atoms with Crippen molar-refractivity contribution in [2.75, 3.05) is 51.5 Å². The van der Waals surface area contributed by atoms with Gasteiger partial charge in [0.25, 0.3) is 5.91 Å². The molecule has 2 aliphatic rings. The number of amides is 1. The minimum Gasteiger partial charge on any atom is -0.476 e. The number of aromatic nitrogens is 1. The van der Waals surface area contributed by atoms with E-state index in [2.05, 4.69) is 15.2 Å². The Hall–Kier alpha value is -1.93. The number of anilines is 1. The normalized spacial score (nSPS) is 19.5. The molecule has 0 unspecified atom stereocenters. The molecule has 7 nitrogen and oxygen atoms in total. The van der Waals surface area contributed by atoms with Crippen molar-refractivity contribution in [3.63, 3.8) is 0 Å². The summed E-state index contributed by atoms with van der Waals surface area (Å²) in [6.45, 7) is 1.20. The molecule has 1 saturated carbocycles. The van der Waals surface area contributed by atoms with Gasteiger partial charge in [0, 0.05) is 32.8 Å². The zero-order chi connectivity index (χ0) is 21.7. The fraction of sp³-hybridized carbons (Fsp3) is 0.700. The smallest absolute Gasteiger partial charge is 0.270 e. The summed E-state index contributed by atoms with van der Waals surface area (Å²) in [5.41, 5.74) is 1.11. The van der Waals surface area contributed by atoms with Crippen LogP contribution in [0, 0.1) is 5.92 Å². The highest BCUT2D eigenvalue weighted by Gasteiger charge is 2.30. The largest absolute Gasteiger partial charge is 0.476 e. The molecule has 1 amide bonds. The summed E-state index contributed by atoms with van der Waals surface area (Å²) in [7, 11) is 1.69. The first-order valence-corrected chi connectivity index (χ1v) is 9.74. The summed E-state index contributed by atoms with van der Waals surface area (Å²) in [5, 5.41) is 2.79. The van der Waals surface area contributed by atoms with Gasteiger partial charge in [-0.15, -0.1) is 0 Å². The van der Waals surface area contributed by atoms with Gasteiger partial charge in [0.05, 0.1) is 28.7 Å². The van der Waals surface area contributed by atoms with Crippen molar-refractivity contribution in [3.8, 4) is 5.88 Å². The second-order valence-corrected chi connectivity index (χ2v) is 7.37. The highest BCUT2D eigenvalue weighted by molar-refractivity contribution is 5.93. The third-order valence-corrected chi connectivity index (χ3v) is 4.83. The fourth-order valence-corrected chi connectivity index (χ4v) is 2.88. The Bertz CT molecular complexity index is 724. The SMILES string of the molecule is [2H]C([2H])(F)CCOC[C@H](C)NC(=O)c1ccc(N2CC(OC)C2)c(OCC2CC2)n1. The van der Waals surface area contributed by atoms with E-state index in [9.17, 15) is 9.18 Å². The number of alkyl halides is 1. The van der Waals surface area contributed by atoms with Crippen LogP contribution in [0.25, 0.3) is 0 Å². The number of hydrogen-bond acceptors (Lipinski definition) is 6. The molecule has 1 aliphatic carbocycles. The summed E-state index contributed by atoms with van der Waals surface area (Å²) in [5.74, 6) is 0.666. The van der Waals surface area contributed by atoms with Crippen molar-refractivity contribution < 1.29 is 26.1 Å². The van der Waals surface area contributed by atoms with Gasteiger partial charge in [0.1, 0.15) is 11.4 Å². The van der Waals surface area contributed by atoms with Crippen molar-refractivity contribution in [1.82, 2.24) is 10.3 Å². The molecule has 2 heterocycles. The Morgan fingerprint density at radius 2 is 2.25 bits per heavy atom. The van der Waals surface area contributed by atoms with Crippen molar-refractivity contribution in [2.45, 2.75) is 38.3 Å². The molecule has 0 radical (unpaired) electrons. The Balaban J connectivity index is 1.55. The van der Waals surface area contributed by atoms with E-state index in [4.69, 9.17) is 17.0 Å². The van der Waals surface area contributed by atoms with Crippen LogP contribution in [0.5, 0.6) is 5.88 Å². The molecule has 1 atom stereocenters. The predicted molar refractivity (Wildman–Crippen MR) is 104 cm³/mol. The summed E-state index contributed by atoms with van der Waals surface area (Å²) in [4.78, 5) is 19.1. The van der Waals surface area contributed by atoms with Crippen molar-refractivity contribution >= 4 is 11.6 Å². The molecule has 0 bridgehead atoms. The van der Waals surface area contributed by atoms with Gasteiger partial charge in [-0.2, -0.15) is 0 Å². The Kier molecular flexibility index (Phi) is 6.49. The first-order valence-electron chi connectivity index (χ1n) is 10.7. The van der Waals surface area contributed by atoms with Crippen LogP contribution < -0.4 is 15.0 Å². The molecule has 3 rings (SSSR count). The number of nitrogens with one attached hydrogen (secondary N) is 1. The summed E-state index contributed by atoms with van der Waals surface area (Å²) >= 11 is 0. The highest BCUT2D eigenvalue weighted by atomic mass is 19.1. The van der Waals surface area contributed by atoms with Crippen LogP contribution in [0.1, 0.15) is 39.4 Å². The summed E-state index contributed by atoms with van der Waals surface area (Å²) in [6, 6.07) is 3.18. The average Bonchev–Trinajstić information content (AvgIpc) is 3.47. The van der Waals surface area contributed by atoms with Crippen LogP contribution in [0.2, 0.25) is 0 Å². The van der Waals surface area contributed by atoms with Crippen molar-refractivity contribution in [3.05, 3.63) is 17.8 Å². The van der Waals surface area contributed by atoms with Crippen LogP contribution in [0.3, 0.4) is 0 Å². The van der Waals surface area contributed by atoms with E-state index in [0.717, 1.165) is 31.6 Å². The molecule has 156 valence electrons. The lowest BCUT2D eigenvalue weighted by Gasteiger charge is -2.40. The lowest BCUT2D eigenvalue weighted by molar-refractivity contribution is 0.0781. The number of methoxy groups -OCH3 is 1. The van der Waals surface area contributed by atoms with E-state index in [0.29, 0.717) is 18.4 Å². The molecule has 2 fully saturated rings. The molecule has 1 saturated heterocycles. The van der Waals surface area contributed by atoms with Crippen molar-refractivity contribution in [2.24, 2.45) is 5.92 Å². The zero-order valence-electron chi connectivity index (χ0n) is 18.4. The van der Waals surface area contributed by atoms with E-state index >= 15 is 0 Å². The second-order valence-electron chi connectivity index (χ2n) is 7.37. The highest BCUT2D eigenvalue weighted by Crippen LogP contribution is 2.34. The average molecular weight is 397 g/mol. The van der Waals surface area contributed by atoms with Crippen LogP contribution in [-0.4, -0.2) is 69.7 Å².